The van der Waals surface area contributed by atoms with Crippen molar-refractivity contribution in [2.45, 2.75) is 34.6 Å². The van der Waals surface area contributed by atoms with Gasteiger partial charge >= 0.3 is 0 Å². The number of amides is 2. The molecule has 2 heterocycles. The van der Waals surface area contributed by atoms with E-state index in [0.717, 1.165) is 17.3 Å². The van der Waals surface area contributed by atoms with Gasteiger partial charge in [0.1, 0.15) is 17.0 Å². The summed E-state index contributed by atoms with van der Waals surface area (Å²) in [5.41, 5.74) is 3.37. The molecule has 0 aliphatic rings. The van der Waals surface area contributed by atoms with Crippen LogP contribution in [0.1, 0.15) is 34.6 Å². The SMILES string of the molecule is CC.CC.CN/C(C)=C(\C(=O)Nc1ccccc1)C(=O)Nc1ccc(Oc2ccnc3[nH]c(-c4ccccc4)cc23)c(F)c1. The van der Waals surface area contributed by atoms with Crippen LogP contribution in [-0.4, -0.2) is 28.8 Å². The highest BCUT2D eigenvalue weighted by Gasteiger charge is 2.22. The van der Waals surface area contributed by atoms with E-state index in [2.05, 4.69) is 25.9 Å². The van der Waals surface area contributed by atoms with Crippen molar-refractivity contribution in [1.29, 1.82) is 0 Å². The predicted molar refractivity (Wildman–Crippen MR) is 176 cm³/mol. The average molecular weight is 596 g/mol. The minimum atomic E-state index is -0.690. The number of fused-ring (bicyclic) bond motifs is 1. The molecule has 2 aromatic heterocycles. The Balaban J connectivity index is 0.00000127. The number of H-pyrrole nitrogens is 1. The van der Waals surface area contributed by atoms with Gasteiger partial charge in [-0.15, -0.1) is 0 Å². The van der Waals surface area contributed by atoms with Crippen molar-refractivity contribution in [2.24, 2.45) is 0 Å². The minimum Gasteiger partial charge on any atom is -0.453 e. The molecule has 8 nitrogen and oxygen atoms in total. The Labute approximate surface area is 257 Å². The lowest BCUT2D eigenvalue weighted by molar-refractivity contribution is -0.118. The van der Waals surface area contributed by atoms with Gasteiger partial charge in [0, 0.05) is 42.1 Å². The molecule has 9 heteroatoms. The van der Waals surface area contributed by atoms with Crippen molar-refractivity contribution in [1.82, 2.24) is 15.3 Å². The molecule has 0 saturated heterocycles. The van der Waals surface area contributed by atoms with E-state index in [1.165, 1.54) is 12.1 Å². The largest absolute Gasteiger partial charge is 0.453 e. The molecule has 0 spiro atoms. The molecule has 0 saturated carbocycles. The van der Waals surface area contributed by atoms with Crippen LogP contribution in [0.4, 0.5) is 15.8 Å². The lowest BCUT2D eigenvalue weighted by atomic mass is 10.1. The highest BCUT2D eigenvalue weighted by molar-refractivity contribution is 6.26. The molecule has 0 radical (unpaired) electrons. The fourth-order valence-electron chi connectivity index (χ4n) is 4.12. The summed E-state index contributed by atoms with van der Waals surface area (Å²) in [6.45, 7) is 9.61. The summed E-state index contributed by atoms with van der Waals surface area (Å²) >= 11 is 0. The number of allylic oxidation sites excluding steroid dienone is 1. The Morgan fingerprint density at radius 3 is 2.00 bits per heavy atom. The summed E-state index contributed by atoms with van der Waals surface area (Å²) in [5.74, 6) is -1.58. The molecule has 2 amide bonds. The van der Waals surface area contributed by atoms with Gasteiger partial charge in [-0.05, 0) is 48.9 Å². The Bertz CT molecular complexity index is 1720. The number of anilines is 2. The molecule has 0 aliphatic carbocycles. The number of nitrogens with one attached hydrogen (secondary N) is 4. The van der Waals surface area contributed by atoms with E-state index >= 15 is 4.39 Å². The van der Waals surface area contributed by atoms with Crippen molar-refractivity contribution in [2.75, 3.05) is 17.7 Å². The zero-order valence-corrected chi connectivity index (χ0v) is 25.8. The molecular formula is C35H38FN5O3. The van der Waals surface area contributed by atoms with E-state index in [9.17, 15) is 9.59 Å². The average Bonchev–Trinajstić information content (AvgIpc) is 3.51. The van der Waals surface area contributed by atoms with Crippen LogP contribution in [0.5, 0.6) is 11.5 Å². The van der Waals surface area contributed by atoms with Gasteiger partial charge in [0.25, 0.3) is 11.8 Å². The van der Waals surface area contributed by atoms with E-state index in [0.29, 0.717) is 28.2 Å². The van der Waals surface area contributed by atoms with Gasteiger partial charge in [-0.1, -0.05) is 76.2 Å². The van der Waals surface area contributed by atoms with E-state index in [1.54, 1.807) is 50.5 Å². The maximum Gasteiger partial charge on any atom is 0.263 e. The Kier molecular flexibility index (Phi) is 12.2. The van der Waals surface area contributed by atoms with Crippen LogP contribution in [0.2, 0.25) is 0 Å². The van der Waals surface area contributed by atoms with Crippen molar-refractivity contribution < 1.29 is 18.7 Å². The third-order valence-corrected chi connectivity index (χ3v) is 6.22. The second-order valence-electron chi connectivity index (χ2n) is 8.89. The number of benzene rings is 3. The Hall–Kier alpha value is -5.44. The molecule has 4 N–H and O–H groups in total. The van der Waals surface area contributed by atoms with E-state index in [-0.39, 0.29) is 17.0 Å². The molecule has 0 atom stereocenters. The smallest absolute Gasteiger partial charge is 0.263 e. The number of hydrogen-bond acceptors (Lipinski definition) is 5. The number of ether oxygens (including phenoxy) is 1. The van der Waals surface area contributed by atoms with Crippen LogP contribution >= 0.6 is 0 Å². The first-order chi connectivity index (χ1) is 21.4. The maximum atomic E-state index is 15.1. The molecule has 44 heavy (non-hydrogen) atoms. The summed E-state index contributed by atoms with van der Waals surface area (Å²) in [7, 11) is 1.60. The number of aromatic nitrogens is 2. The number of carbonyl (C=O) groups excluding carboxylic acids is 2. The highest BCUT2D eigenvalue weighted by atomic mass is 19.1. The number of aromatic amines is 1. The summed E-state index contributed by atoms with van der Waals surface area (Å²) in [4.78, 5) is 33.6. The second-order valence-corrected chi connectivity index (χ2v) is 8.89. The van der Waals surface area contributed by atoms with Crippen molar-refractivity contribution in [3.63, 3.8) is 0 Å². The fraction of sp³-hybridized carbons (Fsp3) is 0.171. The van der Waals surface area contributed by atoms with Gasteiger partial charge in [-0.25, -0.2) is 9.37 Å². The van der Waals surface area contributed by atoms with Gasteiger partial charge in [0.05, 0.1) is 5.39 Å². The number of carbonyl (C=O) groups is 2. The molecule has 0 aliphatic heterocycles. The fourth-order valence-corrected chi connectivity index (χ4v) is 4.12. The highest BCUT2D eigenvalue weighted by Crippen LogP contribution is 2.34. The van der Waals surface area contributed by atoms with Crippen LogP contribution in [0, 0.1) is 5.82 Å². The zero-order valence-electron chi connectivity index (χ0n) is 25.8. The van der Waals surface area contributed by atoms with Gasteiger partial charge < -0.3 is 25.7 Å². The molecular weight excluding hydrogens is 557 g/mol. The first-order valence-electron chi connectivity index (χ1n) is 14.5. The number of rotatable bonds is 8. The summed E-state index contributed by atoms with van der Waals surface area (Å²) in [5, 5.41) is 8.82. The lowest BCUT2D eigenvalue weighted by Gasteiger charge is -2.14. The maximum absolute atomic E-state index is 15.1. The zero-order chi connectivity index (χ0) is 32.1. The first-order valence-corrected chi connectivity index (χ1v) is 14.5. The lowest BCUT2D eigenvalue weighted by Crippen LogP contribution is -2.29. The Morgan fingerprint density at radius 1 is 0.773 bits per heavy atom. The summed E-state index contributed by atoms with van der Waals surface area (Å²) < 4.78 is 21.0. The van der Waals surface area contributed by atoms with Crippen molar-refractivity contribution in [3.05, 3.63) is 114 Å². The molecule has 0 bridgehead atoms. The number of pyridine rings is 1. The predicted octanol–water partition coefficient (Wildman–Crippen LogP) is 8.28. The molecule has 0 fully saturated rings. The standard InChI is InChI=1S/C31H26FN5O3.2C2H6/c1-19(33-2)28(30(38)35-21-11-7-4-8-12-21)31(39)36-22-13-14-27(24(32)17-22)40-26-15-16-34-29-23(26)18-25(37-29)20-9-5-3-6-10-20;2*1-2/h3-18,33H,1-2H3,(H,34,37)(H,35,38)(H,36,39);2*1-2H3/b28-19+;;. The normalized spacial score (nSPS) is 10.7. The molecule has 3 aromatic carbocycles. The minimum absolute atomic E-state index is 0.0306. The quantitative estimate of drug-likeness (QED) is 0.0820. The van der Waals surface area contributed by atoms with Crippen molar-refractivity contribution in [3.8, 4) is 22.8 Å². The molecule has 5 aromatic rings. The number of halogens is 1. The van der Waals surface area contributed by atoms with E-state index < -0.39 is 17.6 Å². The summed E-state index contributed by atoms with van der Waals surface area (Å²) in [6, 6.07) is 26.2. The number of para-hydroxylation sites is 1. The van der Waals surface area contributed by atoms with Crippen molar-refractivity contribution >= 4 is 34.2 Å². The van der Waals surface area contributed by atoms with Gasteiger partial charge in [-0.3, -0.25) is 9.59 Å². The van der Waals surface area contributed by atoms with Crippen LogP contribution in [0.15, 0.2) is 108 Å². The molecule has 5 rings (SSSR count). The van der Waals surface area contributed by atoms with Crippen LogP contribution in [-0.2, 0) is 9.59 Å². The van der Waals surface area contributed by atoms with Gasteiger partial charge in [-0.2, -0.15) is 0 Å². The topological polar surface area (TPSA) is 108 Å². The van der Waals surface area contributed by atoms with Crippen LogP contribution < -0.4 is 20.7 Å². The monoisotopic (exact) mass is 595 g/mol. The van der Waals surface area contributed by atoms with E-state index in [4.69, 9.17) is 4.74 Å². The second kappa shape index (κ2) is 16.3. The number of hydrogen-bond donors (Lipinski definition) is 4. The third-order valence-electron chi connectivity index (χ3n) is 6.22. The molecule has 0 unspecified atom stereocenters. The van der Waals surface area contributed by atoms with Crippen LogP contribution in [0.25, 0.3) is 22.3 Å². The van der Waals surface area contributed by atoms with Gasteiger partial charge in [0.2, 0.25) is 0 Å². The van der Waals surface area contributed by atoms with Crippen LogP contribution in [0.3, 0.4) is 0 Å². The van der Waals surface area contributed by atoms with Gasteiger partial charge in [0.15, 0.2) is 11.6 Å². The number of nitrogens with zero attached hydrogens (tertiary/aromatic N) is 1. The first kappa shape index (κ1) is 33.1. The molecule has 228 valence electrons. The Morgan fingerprint density at radius 2 is 1.39 bits per heavy atom. The third kappa shape index (κ3) is 8.10. The summed E-state index contributed by atoms with van der Waals surface area (Å²) in [6.07, 6.45) is 1.58. The van der Waals surface area contributed by atoms with E-state index in [1.807, 2.05) is 70.2 Å².